The lowest BCUT2D eigenvalue weighted by molar-refractivity contribution is -0.0245. The van der Waals surface area contributed by atoms with Crippen molar-refractivity contribution in [3.63, 3.8) is 0 Å². The zero-order chi connectivity index (χ0) is 18.5. The van der Waals surface area contributed by atoms with Crippen LogP contribution in [0.3, 0.4) is 0 Å². The molecule has 138 valence electrons. The summed E-state index contributed by atoms with van der Waals surface area (Å²) in [5.74, 6) is 0.202. The Morgan fingerprint density at radius 1 is 1.29 bits per heavy atom. The van der Waals surface area contributed by atoms with Gasteiger partial charge in [0.25, 0.3) is 0 Å². The van der Waals surface area contributed by atoms with Crippen molar-refractivity contribution in [2.75, 3.05) is 12.3 Å². The molecule has 1 aromatic heterocycles. The molecule has 2 heterocycles. The highest BCUT2D eigenvalue weighted by Gasteiger charge is 2.28. The molecule has 15 heteroatoms. The van der Waals surface area contributed by atoms with Crippen LogP contribution in [0.15, 0.2) is 17.1 Å². The number of ether oxygens (including phenoxy) is 1. The van der Waals surface area contributed by atoms with Crippen LogP contribution in [0, 0.1) is 0 Å². The number of aromatic nitrogens is 2. The second kappa shape index (κ2) is 8.30. The SMILES string of the molecule is Nc1ccn([C@H]2CC[C@@H](CO)O2)c(=O)n1.O=P(O)(O)OP(=O)(O)O. The molecule has 2 rings (SSSR count). The normalized spacial score (nSPS) is 21.2. The minimum absolute atomic E-state index is 0.0202. The standard InChI is InChI=1S/C9H13N3O3.H4O7P2/c10-7-3-4-12(9(14)11-7)8-2-1-6(5-13)15-8;1-8(2,3)7-9(4,5)6/h3-4,6,8,13H,1-2,5H2,(H2,10,11,14);(H2,1,2,3)(H2,4,5,6)/t6-,8+;/m0./s1. The van der Waals surface area contributed by atoms with Crippen LogP contribution in [0.1, 0.15) is 19.1 Å². The Morgan fingerprint density at radius 3 is 2.25 bits per heavy atom. The van der Waals surface area contributed by atoms with Gasteiger partial charge >= 0.3 is 21.3 Å². The van der Waals surface area contributed by atoms with E-state index in [9.17, 15) is 13.9 Å². The van der Waals surface area contributed by atoms with E-state index in [1.54, 1.807) is 12.3 Å². The van der Waals surface area contributed by atoms with Gasteiger partial charge < -0.3 is 35.2 Å². The third-order valence-corrected chi connectivity index (χ3v) is 4.37. The number of hydrogen-bond donors (Lipinski definition) is 6. The molecule has 24 heavy (non-hydrogen) atoms. The molecule has 0 amide bonds. The molecular formula is C9H17N3O10P2. The first-order valence-corrected chi connectivity index (χ1v) is 9.41. The second-order valence-corrected chi connectivity index (χ2v) is 7.19. The van der Waals surface area contributed by atoms with Gasteiger partial charge in [0.1, 0.15) is 12.0 Å². The third kappa shape index (κ3) is 7.62. The molecule has 0 aliphatic carbocycles. The fourth-order valence-electron chi connectivity index (χ4n) is 1.81. The van der Waals surface area contributed by atoms with Gasteiger partial charge in [0.15, 0.2) is 0 Å². The summed E-state index contributed by atoms with van der Waals surface area (Å²) in [4.78, 5) is 46.1. The van der Waals surface area contributed by atoms with E-state index in [-0.39, 0.29) is 24.8 Å². The Balaban J connectivity index is 0.000000277. The smallest absolute Gasteiger partial charge is 0.394 e. The summed E-state index contributed by atoms with van der Waals surface area (Å²) >= 11 is 0. The zero-order valence-electron chi connectivity index (χ0n) is 12.1. The first-order valence-electron chi connectivity index (χ1n) is 6.34. The first kappa shape index (κ1) is 20.9. The van der Waals surface area contributed by atoms with Gasteiger partial charge in [-0.3, -0.25) is 4.57 Å². The molecule has 0 aromatic carbocycles. The summed E-state index contributed by atoms with van der Waals surface area (Å²) in [5.41, 5.74) is 4.96. The van der Waals surface area contributed by atoms with Crippen LogP contribution < -0.4 is 11.4 Å². The lowest BCUT2D eigenvalue weighted by Gasteiger charge is -2.14. The van der Waals surface area contributed by atoms with E-state index in [4.69, 9.17) is 35.2 Å². The van der Waals surface area contributed by atoms with Gasteiger partial charge in [-0.2, -0.15) is 9.29 Å². The van der Waals surface area contributed by atoms with E-state index in [1.165, 1.54) is 4.57 Å². The number of anilines is 1. The molecule has 1 aromatic rings. The summed E-state index contributed by atoms with van der Waals surface area (Å²) in [6.07, 6.45) is 2.51. The Morgan fingerprint density at radius 2 is 1.88 bits per heavy atom. The van der Waals surface area contributed by atoms with Crippen LogP contribution in [-0.4, -0.2) is 46.9 Å². The van der Waals surface area contributed by atoms with Crippen molar-refractivity contribution >= 4 is 21.5 Å². The van der Waals surface area contributed by atoms with E-state index in [2.05, 4.69) is 9.29 Å². The van der Waals surface area contributed by atoms with E-state index in [0.29, 0.717) is 6.42 Å². The van der Waals surface area contributed by atoms with E-state index in [0.717, 1.165) is 6.42 Å². The average Bonchev–Trinajstić information content (AvgIpc) is 2.83. The maximum atomic E-state index is 11.5. The summed E-state index contributed by atoms with van der Waals surface area (Å²) in [6, 6.07) is 1.55. The van der Waals surface area contributed by atoms with Crippen LogP contribution in [0.2, 0.25) is 0 Å². The predicted octanol–water partition coefficient (Wildman–Crippen LogP) is -1.32. The largest absolute Gasteiger partial charge is 0.478 e. The number of rotatable bonds is 4. The van der Waals surface area contributed by atoms with Crippen LogP contribution in [0.4, 0.5) is 5.82 Å². The monoisotopic (exact) mass is 389 g/mol. The summed E-state index contributed by atoms with van der Waals surface area (Å²) in [6.45, 7) is -0.0202. The highest BCUT2D eigenvalue weighted by molar-refractivity contribution is 7.60. The molecule has 1 saturated heterocycles. The molecule has 1 aliphatic rings. The van der Waals surface area contributed by atoms with Crippen molar-refractivity contribution in [2.45, 2.75) is 25.2 Å². The maximum Gasteiger partial charge on any atom is 0.478 e. The van der Waals surface area contributed by atoms with Crippen molar-refractivity contribution in [2.24, 2.45) is 0 Å². The fourth-order valence-corrected chi connectivity index (χ4v) is 2.92. The Kier molecular flexibility index (Phi) is 7.23. The molecule has 7 N–H and O–H groups in total. The van der Waals surface area contributed by atoms with E-state index < -0.39 is 21.3 Å². The van der Waals surface area contributed by atoms with Crippen molar-refractivity contribution in [1.29, 1.82) is 0 Å². The highest BCUT2D eigenvalue weighted by Crippen LogP contribution is 2.53. The molecule has 0 unspecified atom stereocenters. The summed E-state index contributed by atoms with van der Waals surface area (Å²) in [5, 5.41) is 8.90. The minimum atomic E-state index is -5.05. The van der Waals surface area contributed by atoms with Gasteiger partial charge in [-0.05, 0) is 18.9 Å². The molecule has 13 nitrogen and oxygen atoms in total. The lowest BCUT2D eigenvalue weighted by atomic mass is 10.2. The molecule has 2 atom stereocenters. The summed E-state index contributed by atoms with van der Waals surface area (Å²) < 4.78 is 29.1. The number of aliphatic hydroxyl groups is 1. The van der Waals surface area contributed by atoms with Crippen LogP contribution in [0.5, 0.6) is 0 Å². The number of nitrogens with two attached hydrogens (primary N) is 1. The molecule has 1 fully saturated rings. The lowest BCUT2D eigenvalue weighted by Crippen LogP contribution is -2.27. The number of nitrogens with zero attached hydrogens (tertiary/aromatic N) is 2. The van der Waals surface area contributed by atoms with Crippen LogP contribution in [-0.2, 0) is 18.2 Å². The second-order valence-electron chi connectivity index (χ2n) is 4.58. The van der Waals surface area contributed by atoms with Gasteiger partial charge in [-0.15, -0.1) is 0 Å². The Labute approximate surface area is 135 Å². The van der Waals surface area contributed by atoms with Crippen LogP contribution in [0.25, 0.3) is 0 Å². The first-order chi connectivity index (χ1) is 10.9. The molecular weight excluding hydrogens is 372 g/mol. The quantitative estimate of drug-likeness (QED) is 0.331. The average molecular weight is 389 g/mol. The van der Waals surface area contributed by atoms with E-state index in [1.807, 2.05) is 0 Å². The predicted molar refractivity (Wildman–Crippen MR) is 78.3 cm³/mol. The Hall–Kier alpha value is -1.14. The highest BCUT2D eigenvalue weighted by atomic mass is 31.3. The fraction of sp³-hybridized carbons (Fsp3) is 0.556. The van der Waals surface area contributed by atoms with Crippen molar-refractivity contribution in [1.82, 2.24) is 9.55 Å². The molecule has 0 saturated carbocycles. The zero-order valence-corrected chi connectivity index (χ0v) is 13.9. The van der Waals surface area contributed by atoms with Crippen LogP contribution >= 0.6 is 15.6 Å². The molecule has 0 radical (unpaired) electrons. The number of aliphatic hydroxyl groups excluding tert-OH is 1. The molecule has 1 aliphatic heterocycles. The Bertz CT molecular complexity index is 677. The number of hydrogen-bond acceptors (Lipinski definition) is 8. The number of phosphoric acid groups is 2. The van der Waals surface area contributed by atoms with Crippen molar-refractivity contribution in [3.8, 4) is 0 Å². The van der Waals surface area contributed by atoms with Crippen molar-refractivity contribution in [3.05, 3.63) is 22.7 Å². The van der Waals surface area contributed by atoms with Gasteiger partial charge in [0, 0.05) is 6.20 Å². The van der Waals surface area contributed by atoms with E-state index >= 15 is 0 Å². The third-order valence-electron chi connectivity index (χ3n) is 2.66. The van der Waals surface area contributed by atoms with Gasteiger partial charge in [0.2, 0.25) is 0 Å². The van der Waals surface area contributed by atoms with Gasteiger partial charge in [0.05, 0.1) is 12.7 Å². The molecule has 0 bridgehead atoms. The number of nitrogen functional groups attached to an aromatic ring is 1. The minimum Gasteiger partial charge on any atom is -0.394 e. The molecule has 0 spiro atoms. The topological polar surface area (TPSA) is 215 Å². The van der Waals surface area contributed by atoms with Gasteiger partial charge in [-0.25, -0.2) is 13.9 Å². The summed E-state index contributed by atoms with van der Waals surface area (Å²) in [7, 11) is -10.1. The van der Waals surface area contributed by atoms with Gasteiger partial charge in [-0.1, -0.05) is 0 Å². The maximum absolute atomic E-state index is 11.5. The van der Waals surface area contributed by atoms with Crippen molar-refractivity contribution < 1.29 is 42.9 Å².